The second-order valence-electron chi connectivity index (χ2n) is 5.44. The van der Waals surface area contributed by atoms with Gasteiger partial charge in [-0.25, -0.2) is 8.42 Å². The summed E-state index contributed by atoms with van der Waals surface area (Å²) < 4.78 is 22.9. The van der Waals surface area contributed by atoms with E-state index < -0.39 is 9.84 Å². The van der Waals surface area contributed by atoms with Gasteiger partial charge in [-0.05, 0) is 38.3 Å². The largest absolute Gasteiger partial charge is 0.313 e. The molecule has 2 saturated heterocycles. The lowest BCUT2D eigenvalue weighted by Crippen LogP contribution is -2.39. The van der Waals surface area contributed by atoms with Crippen LogP contribution in [0.2, 0.25) is 0 Å². The van der Waals surface area contributed by atoms with E-state index in [2.05, 4.69) is 17.1 Å². The fourth-order valence-electron chi connectivity index (χ4n) is 2.90. The zero-order chi connectivity index (χ0) is 12.3. The molecular weight excluding hydrogens is 236 g/mol. The van der Waals surface area contributed by atoms with Crippen molar-refractivity contribution in [1.82, 2.24) is 10.2 Å². The molecule has 2 aliphatic heterocycles. The topological polar surface area (TPSA) is 49.4 Å². The smallest absolute Gasteiger partial charge is 0.150 e. The Kier molecular flexibility index (Phi) is 4.44. The molecule has 2 rings (SSSR count). The van der Waals surface area contributed by atoms with Crippen LogP contribution in [0.4, 0.5) is 0 Å². The number of nitrogens with zero attached hydrogens (tertiary/aromatic N) is 1. The average molecular weight is 260 g/mol. The van der Waals surface area contributed by atoms with Crippen LogP contribution in [0.3, 0.4) is 0 Å². The van der Waals surface area contributed by atoms with Crippen molar-refractivity contribution in [2.75, 3.05) is 37.7 Å². The molecule has 2 unspecified atom stereocenters. The van der Waals surface area contributed by atoms with Gasteiger partial charge in [0.15, 0.2) is 9.84 Å². The Balaban J connectivity index is 1.85. The molecule has 100 valence electrons. The molecule has 0 aliphatic carbocycles. The average Bonchev–Trinajstić information content (AvgIpc) is 2.51. The van der Waals surface area contributed by atoms with Crippen LogP contribution in [0.1, 0.15) is 26.2 Å². The Hall–Kier alpha value is -0.130. The molecule has 0 bridgehead atoms. The fraction of sp³-hybridized carbons (Fsp3) is 1.00. The predicted octanol–water partition coefficient (Wildman–Crippen LogP) is 0.495. The van der Waals surface area contributed by atoms with E-state index in [0.717, 1.165) is 39.0 Å². The monoisotopic (exact) mass is 260 g/mol. The van der Waals surface area contributed by atoms with Crippen molar-refractivity contribution >= 4 is 9.84 Å². The number of nitrogens with one attached hydrogen (secondary N) is 1. The van der Waals surface area contributed by atoms with Gasteiger partial charge in [-0.3, -0.25) is 0 Å². The van der Waals surface area contributed by atoms with Gasteiger partial charge in [0.25, 0.3) is 0 Å². The second-order valence-corrected chi connectivity index (χ2v) is 7.67. The lowest BCUT2D eigenvalue weighted by atomic mass is 10.1. The van der Waals surface area contributed by atoms with Gasteiger partial charge >= 0.3 is 0 Å². The Morgan fingerprint density at radius 2 is 2.24 bits per heavy atom. The van der Waals surface area contributed by atoms with E-state index in [9.17, 15) is 8.42 Å². The highest BCUT2D eigenvalue weighted by molar-refractivity contribution is 7.91. The van der Waals surface area contributed by atoms with Crippen molar-refractivity contribution in [3.63, 3.8) is 0 Å². The van der Waals surface area contributed by atoms with Crippen LogP contribution in [-0.4, -0.2) is 57.0 Å². The number of hydrogen-bond acceptors (Lipinski definition) is 4. The first-order chi connectivity index (χ1) is 8.09. The highest BCUT2D eigenvalue weighted by atomic mass is 32.2. The first-order valence-electron chi connectivity index (χ1n) is 6.75. The lowest BCUT2D eigenvalue weighted by Gasteiger charge is -2.25. The van der Waals surface area contributed by atoms with Crippen LogP contribution in [0.25, 0.3) is 0 Å². The molecule has 0 aromatic heterocycles. The van der Waals surface area contributed by atoms with Gasteiger partial charge in [0.2, 0.25) is 0 Å². The van der Waals surface area contributed by atoms with E-state index >= 15 is 0 Å². The second kappa shape index (κ2) is 5.67. The normalized spacial score (nSPS) is 34.6. The first kappa shape index (κ1) is 13.3. The van der Waals surface area contributed by atoms with Crippen molar-refractivity contribution < 1.29 is 8.42 Å². The number of sulfone groups is 1. The first-order valence-corrected chi connectivity index (χ1v) is 8.57. The summed E-state index contributed by atoms with van der Waals surface area (Å²) in [5.74, 6) is 1.19. The SMILES string of the molecule is CCC1CN(CC2CCS(=O)(=O)C2)CCCN1. The van der Waals surface area contributed by atoms with E-state index in [1.54, 1.807) is 0 Å². The molecule has 2 atom stereocenters. The molecular formula is C12H24N2O2S. The van der Waals surface area contributed by atoms with Gasteiger partial charge in [-0.1, -0.05) is 6.92 Å². The predicted molar refractivity (Wildman–Crippen MR) is 69.9 cm³/mol. The minimum atomic E-state index is -2.72. The molecule has 0 aromatic carbocycles. The Labute approximate surface area is 105 Å². The van der Waals surface area contributed by atoms with E-state index in [-0.39, 0.29) is 0 Å². The van der Waals surface area contributed by atoms with Crippen LogP contribution >= 0.6 is 0 Å². The van der Waals surface area contributed by atoms with Gasteiger partial charge in [-0.2, -0.15) is 0 Å². The van der Waals surface area contributed by atoms with Crippen molar-refractivity contribution in [3.05, 3.63) is 0 Å². The van der Waals surface area contributed by atoms with Crippen molar-refractivity contribution in [1.29, 1.82) is 0 Å². The molecule has 2 aliphatic rings. The molecule has 5 heteroatoms. The highest BCUT2D eigenvalue weighted by Crippen LogP contribution is 2.20. The zero-order valence-corrected chi connectivity index (χ0v) is 11.5. The molecule has 0 spiro atoms. The van der Waals surface area contributed by atoms with Gasteiger partial charge in [0, 0.05) is 19.1 Å². The summed E-state index contributed by atoms with van der Waals surface area (Å²) in [6, 6.07) is 0.579. The van der Waals surface area contributed by atoms with Crippen molar-refractivity contribution in [2.45, 2.75) is 32.2 Å². The Morgan fingerprint density at radius 1 is 1.41 bits per heavy atom. The van der Waals surface area contributed by atoms with Crippen LogP contribution in [-0.2, 0) is 9.84 Å². The maximum absolute atomic E-state index is 11.4. The zero-order valence-electron chi connectivity index (χ0n) is 10.7. The summed E-state index contributed by atoms with van der Waals surface area (Å²) in [7, 11) is -2.72. The Morgan fingerprint density at radius 3 is 2.88 bits per heavy atom. The minimum absolute atomic E-state index is 0.371. The molecule has 0 radical (unpaired) electrons. The van der Waals surface area contributed by atoms with Gasteiger partial charge in [0.1, 0.15) is 0 Å². The van der Waals surface area contributed by atoms with Crippen LogP contribution in [0, 0.1) is 5.92 Å². The van der Waals surface area contributed by atoms with Crippen molar-refractivity contribution in [3.8, 4) is 0 Å². The molecule has 0 amide bonds. The quantitative estimate of drug-likeness (QED) is 0.802. The maximum atomic E-state index is 11.4. The number of hydrogen-bond donors (Lipinski definition) is 1. The van der Waals surface area contributed by atoms with E-state index in [0.29, 0.717) is 23.5 Å². The van der Waals surface area contributed by atoms with Gasteiger partial charge in [0.05, 0.1) is 11.5 Å². The standard InChI is InChI=1S/C12H24N2O2S/c1-2-12-9-14(6-3-5-13-12)8-11-4-7-17(15,16)10-11/h11-13H,2-10H2,1H3. The van der Waals surface area contributed by atoms with Crippen LogP contribution in [0.15, 0.2) is 0 Å². The fourth-order valence-corrected chi connectivity index (χ4v) is 4.75. The lowest BCUT2D eigenvalue weighted by molar-refractivity contribution is 0.233. The molecule has 17 heavy (non-hydrogen) atoms. The Bertz CT molecular complexity index is 342. The van der Waals surface area contributed by atoms with Crippen LogP contribution in [0.5, 0.6) is 0 Å². The van der Waals surface area contributed by atoms with E-state index in [1.807, 2.05) is 0 Å². The van der Waals surface area contributed by atoms with E-state index in [4.69, 9.17) is 0 Å². The molecule has 1 N–H and O–H groups in total. The summed E-state index contributed by atoms with van der Waals surface area (Å²) in [6.07, 6.45) is 3.19. The van der Waals surface area contributed by atoms with Crippen molar-refractivity contribution in [2.24, 2.45) is 5.92 Å². The third kappa shape index (κ3) is 3.93. The molecule has 4 nitrogen and oxygen atoms in total. The minimum Gasteiger partial charge on any atom is -0.313 e. The third-order valence-electron chi connectivity index (χ3n) is 3.90. The number of rotatable bonds is 3. The summed E-state index contributed by atoms with van der Waals surface area (Å²) >= 11 is 0. The maximum Gasteiger partial charge on any atom is 0.150 e. The van der Waals surface area contributed by atoms with E-state index in [1.165, 1.54) is 6.42 Å². The van der Waals surface area contributed by atoms with Gasteiger partial charge in [-0.15, -0.1) is 0 Å². The molecule has 2 fully saturated rings. The molecule has 2 heterocycles. The molecule has 0 saturated carbocycles. The highest BCUT2D eigenvalue weighted by Gasteiger charge is 2.29. The third-order valence-corrected chi connectivity index (χ3v) is 5.74. The molecule has 0 aromatic rings. The summed E-state index contributed by atoms with van der Waals surface area (Å²) in [5.41, 5.74) is 0. The van der Waals surface area contributed by atoms with Gasteiger partial charge < -0.3 is 10.2 Å². The summed E-state index contributed by atoms with van der Waals surface area (Å²) in [4.78, 5) is 2.46. The summed E-state index contributed by atoms with van der Waals surface area (Å²) in [6.45, 7) is 6.46. The van der Waals surface area contributed by atoms with Crippen LogP contribution < -0.4 is 5.32 Å². The summed E-state index contributed by atoms with van der Waals surface area (Å²) in [5, 5.41) is 3.54.